The first-order valence-electron chi connectivity index (χ1n) is 16.7. The van der Waals surface area contributed by atoms with E-state index in [1.165, 1.54) is 10.7 Å². The fourth-order valence-corrected chi connectivity index (χ4v) is 7.18. The van der Waals surface area contributed by atoms with E-state index in [1.54, 1.807) is 20.8 Å². The predicted octanol–water partition coefficient (Wildman–Crippen LogP) is 5.53. The Morgan fingerprint density at radius 2 is 1.77 bits per heavy atom. The van der Waals surface area contributed by atoms with Crippen molar-refractivity contribution in [3.05, 3.63) is 80.7 Å². The fourth-order valence-electron chi connectivity index (χ4n) is 5.24. The van der Waals surface area contributed by atoms with Crippen molar-refractivity contribution in [2.24, 2.45) is 0 Å². The Balaban J connectivity index is 1.64. The molecule has 1 aliphatic heterocycles. The molecule has 2 aromatic carbocycles. The Kier molecular flexibility index (Phi) is 11.6. The molecule has 1 fully saturated rings. The van der Waals surface area contributed by atoms with Crippen molar-refractivity contribution in [1.82, 2.24) is 24.4 Å². The summed E-state index contributed by atoms with van der Waals surface area (Å²) >= 11 is 0. The molecule has 2 atom stereocenters. The van der Waals surface area contributed by atoms with Crippen LogP contribution in [0.3, 0.4) is 0 Å². The van der Waals surface area contributed by atoms with Gasteiger partial charge in [0.1, 0.15) is 35.1 Å². The third-order valence-electron chi connectivity index (χ3n) is 9.06. The van der Waals surface area contributed by atoms with E-state index < -0.39 is 70.4 Å². The van der Waals surface area contributed by atoms with E-state index in [0.717, 1.165) is 33.7 Å². The average molecular weight is 763 g/mol. The van der Waals surface area contributed by atoms with E-state index in [9.17, 15) is 28.1 Å². The van der Waals surface area contributed by atoms with Gasteiger partial charge in [-0.25, -0.2) is 32.0 Å². The SMILES string of the molecule is Cc1ccc(C)c(Cc2nc(CO[Si](C)(C)C(C)(C)C)nn2-c2ccc(S(=O)(=O)NC(=O)[C@@H]3CC(O[N+](=O)[O-])CN3C(=O)OC(C)(C)C)cc2F)c1. The molecule has 52 heavy (non-hydrogen) atoms. The summed E-state index contributed by atoms with van der Waals surface area (Å²) in [6.45, 7) is 18.9. The van der Waals surface area contributed by atoms with Crippen molar-refractivity contribution in [1.29, 1.82) is 0 Å². The molecule has 0 radical (unpaired) electrons. The van der Waals surface area contributed by atoms with Gasteiger partial charge in [0.05, 0.1) is 18.0 Å². The third kappa shape index (κ3) is 9.71. The number of amides is 2. The van der Waals surface area contributed by atoms with E-state index in [-0.39, 0.29) is 23.8 Å². The van der Waals surface area contributed by atoms with Crippen LogP contribution in [0.4, 0.5) is 9.18 Å². The number of hydrogen-bond acceptors (Lipinski definition) is 11. The number of aromatic nitrogens is 3. The van der Waals surface area contributed by atoms with Gasteiger partial charge in [0.2, 0.25) is 0 Å². The molecule has 0 spiro atoms. The van der Waals surface area contributed by atoms with Crippen LogP contribution < -0.4 is 4.72 Å². The van der Waals surface area contributed by atoms with Crippen LogP contribution in [0.1, 0.15) is 76.3 Å². The second-order valence-corrected chi connectivity index (χ2v) is 21.9. The number of nitrogens with one attached hydrogen (secondary N) is 1. The molecule has 2 heterocycles. The first-order valence-corrected chi connectivity index (χ1v) is 21.1. The third-order valence-corrected chi connectivity index (χ3v) is 14.9. The first-order chi connectivity index (χ1) is 23.9. The fraction of sp³-hybridized carbons (Fsp3) is 0.529. The van der Waals surface area contributed by atoms with Gasteiger partial charge in [-0.05, 0) is 82.1 Å². The molecule has 1 unspecified atom stereocenters. The first kappa shape index (κ1) is 40.3. The molecule has 3 aromatic rings. The lowest BCUT2D eigenvalue weighted by Gasteiger charge is -2.35. The highest BCUT2D eigenvalue weighted by molar-refractivity contribution is 7.90. The summed E-state index contributed by atoms with van der Waals surface area (Å²) in [5.74, 6) is -1.41. The van der Waals surface area contributed by atoms with Gasteiger partial charge in [-0.2, -0.15) is 0 Å². The minimum Gasteiger partial charge on any atom is -0.444 e. The van der Waals surface area contributed by atoms with Crippen molar-refractivity contribution in [3.63, 3.8) is 0 Å². The van der Waals surface area contributed by atoms with Gasteiger partial charge >= 0.3 is 6.09 Å². The van der Waals surface area contributed by atoms with Gasteiger partial charge in [-0.15, -0.1) is 15.2 Å². The number of carbonyl (C=O) groups is 2. The zero-order valence-corrected chi connectivity index (χ0v) is 33.0. The van der Waals surface area contributed by atoms with E-state index >= 15 is 4.39 Å². The molecule has 15 nitrogen and oxygen atoms in total. The van der Waals surface area contributed by atoms with Crippen molar-refractivity contribution >= 4 is 30.3 Å². The lowest BCUT2D eigenvalue weighted by molar-refractivity contribution is -0.767. The molecule has 284 valence electrons. The van der Waals surface area contributed by atoms with E-state index in [2.05, 4.69) is 43.8 Å². The van der Waals surface area contributed by atoms with Crippen molar-refractivity contribution < 1.29 is 41.5 Å². The molecule has 0 aliphatic carbocycles. The number of aryl methyl sites for hydroxylation is 2. The second kappa shape index (κ2) is 14.9. The van der Waals surface area contributed by atoms with Crippen LogP contribution in [0, 0.1) is 29.8 Å². The largest absolute Gasteiger partial charge is 0.444 e. The van der Waals surface area contributed by atoms with Crippen molar-refractivity contribution in [2.75, 3.05) is 6.54 Å². The summed E-state index contributed by atoms with van der Waals surface area (Å²) in [4.78, 5) is 46.7. The Morgan fingerprint density at radius 1 is 1.10 bits per heavy atom. The molecule has 1 saturated heterocycles. The molecule has 18 heteroatoms. The van der Waals surface area contributed by atoms with E-state index in [0.29, 0.717) is 18.1 Å². The van der Waals surface area contributed by atoms with Crippen LogP contribution in [0.2, 0.25) is 18.1 Å². The summed E-state index contributed by atoms with van der Waals surface area (Å²) < 4.78 is 57.6. The lowest BCUT2D eigenvalue weighted by atomic mass is 10.0. The number of benzene rings is 2. The van der Waals surface area contributed by atoms with E-state index in [1.807, 2.05) is 36.8 Å². The van der Waals surface area contributed by atoms with Gasteiger partial charge in [0.25, 0.3) is 21.0 Å². The predicted molar refractivity (Wildman–Crippen MR) is 191 cm³/mol. The summed E-state index contributed by atoms with van der Waals surface area (Å²) in [7, 11) is -6.89. The maximum Gasteiger partial charge on any atom is 0.411 e. The zero-order chi connectivity index (χ0) is 39.0. The minimum absolute atomic E-state index is 0.0732. The summed E-state index contributed by atoms with van der Waals surface area (Å²) in [5, 5.41) is 14.4. The molecular weight excluding hydrogens is 716 g/mol. The maximum atomic E-state index is 16.0. The standard InChI is InChI=1S/C34H47FN6O9SSi/c1-21-11-12-22(2)23(15-21)16-30-36-29(20-48-52(9,10)34(6,7)8)37-40(30)27-14-13-25(18-26(27)35)51(46,47)38-31(42)28-17-24(50-41(44)45)19-39(28)32(43)49-33(3,4)5/h11-15,18,24,28H,16-17,19-20H2,1-10H3,(H,38,42)/t24?,28-/m0/s1. The van der Waals surface area contributed by atoms with Crippen LogP contribution in [0.5, 0.6) is 0 Å². The number of halogens is 1. The van der Waals surface area contributed by atoms with Crippen molar-refractivity contribution in [2.45, 2.75) is 116 Å². The molecule has 1 N–H and O–H groups in total. The molecule has 1 aromatic heterocycles. The second-order valence-electron chi connectivity index (χ2n) is 15.4. The smallest absolute Gasteiger partial charge is 0.411 e. The van der Waals surface area contributed by atoms with Gasteiger partial charge < -0.3 is 14.0 Å². The van der Waals surface area contributed by atoms with Gasteiger partial charge in [0, 0.05) is 12.8 Å². The normalized spacial score (nSPS) is 16.9. The number of rotatable bonds is 11. The number of likely N-dealkylation sites (tertiary alicyclic amines) is 1. The Hall–Kier alpha value is -4.42. The Labute approximate surface area is 304 Å². The molecule has 1 aliphatic rings. The van der Waals surface area contributed by atoms with Gasteiger partial charge in [0.15, 0.2) is 14.1 Å². The van der Waals surface area contributed by atoms with Crippen LogP contribution >= 0.6 is 0 Å². The van der Waals surface area contributed by atoms with Crippen LogP contribution in [-0.2, 0) is 41.8 Å². The Morgan fingerprint density at radius 3 is 2.37 bits per heavy atom. The average Bonchev–Trinajstić information content (AvgIpc) is 3.60. The molecule has 0 bridgehead atoms. The molecule has 4 rings (SSSR count). The van der Waals surface area contributed by atoms with Crippen LogP contribution in [0.25, 0.3) is 5.69 Å². The van der Waals surface area contributed by atoms with Crippen LogP contribution in [-0.4, -0.2) is 77.8 Å². The highest BCUT2D eigenvalue weighted by atomic mass is 32.2. The van der Waals surface area contributed by atoms with Gasteiger partial charge in [-0.3, -0.25) is 9.69 Å². The number of nitrogens with zero attached hydrogens (tertiary/aromatic N) is 5. The highest BCUT2D eigenvalue weighted by Crippen LogP contribution is 2.37. The molecule has 0 saturated carbocycles. The maximum absolute atomic E-state index is 16.0. The monoisotopic (exact) mass is 762 g/mol. The van der Waals surface area contributed by atoms with Crippen molar-refractivity contribution in [3.8, 4) is 5.69 Å². The number of ether oxygens (including phenoxy) is 1. The summed E-state index contributed by atoms with van der Waals surface area (Å²) in [6.07, 6.45) is -2.29. The Bertz CT molecular complexity index is 1960. The molecule has 2 amide bonds. The zero-order valence-electron chi connectivity index (χ0n) is 31.1. The summed E-state index contributed by atoms with van der Waals surface area (Å²) in [6, 6.07) is 7.57. The number of carbonyl (C=O) groups excluding carboxylic acids is 2. The summed E-state index contributed by atoms with van der Waals surface area (Å²) in [5.41, 5.74) is 1.92. The number of hydrogen-bond donors (Lipinski definition) is 1. The van der Waals surface area contributed by atoms with Crippen LogP contribution in [0.15, 0.2) is 41.3 Å². The van der Waals surface area contributed by atoms with E-state index in [4.69, 9.17) is 14.1 Å². The topological polar surface area (TPSA) is 185 Å². The molecular formula is C34H47FN6O9SSi. The minimum atomic E-state index is -4.70. The lowest BCUT2D eigenvalue weighted by Crippen LogP contribution is -2.48. The number of sulfonamides is 1. The quantitative estimate of drug-likeness (QED) is 0.147. The van der Waals surface area contributed by atoms with Gasteiger partial charge in [-0.1, -0.05) is 44.5 Å². The highest BCUT2D eigenvalue weighted by Gasteiger charge is 2.44.